The van der Waals surface area contributed by atoms with Gasteiger partial charge < -0.3 is 15.4 Å². The highest BCUT2D eigenvalue weighted by molar-refractivity contribution is 5.70. The maximum atomic E-state index is 11.4. The maximum absolute atomic E-state index is 11.4. The van der Waals surface area contributed by atoms with E-state index in [-0.39, 0.29) is 6.09 Å². The van der Waals surface area contributed by atoms with Crippen LogP contribution >= 0.6 is 0 Å². The van der Waals surface area contributed by atoms with Gasteiger partial charge in [-0.15, -0.1) is 0 Å². The van der Waals surface area contributed by atoms with E-state index in [1.807, 2.05) is 18.2 Å². The first-order valence-corrected chi connectivity index (χ1v) is 6.06. The molecule has 1 amide bonds. The second kappa shape index (κ2) is 6.25. The maximum Gasteiger partial charge on any atom is 0.412 e. The second-order valence-electron chi connectivity index (χ2n) is 4.28. The summed E-state index contributed by atoms with van der Waals surface area (Å²) in [5.41, 5.74) is 0. The van der Waals surface area contributed by atoms with Crippen LogP contribution in [0.5, 0.6) is 5.75 Å². The van der Waals surface area contributed by atoms with E-state index in [1.165, 1.54) is 6.42 Å². The second-order valence-corrected chi connectivity index (χ2v) is 4.28. The Morgan fingerprint density at radius 2 is 2.24 bits per heavy atom. The van der Waals surface area contributed by atoms with E-state index < -0.39 is 0 Å². The van der Waals surface area contributed by atoms with E-state index in [0.29, 0.717) is 18.2 Å². The van der Waals surface area contributed by atoms with Crippen molar-refractivity contribution in [3.8, 4) is 5.75 Å². The molecule has 2 rings (SSSR count). The van der Waals surface area contributed by atoms with Crippen LogP contribution in [0.1, 0.15) is 12.8 Å². The van der Waals surface area contributed by atoms with Gasteiger partial charge in [-0.25, -0.2) is 4.79 Å². The molecule has 4 nitrogen and oxygen atoms in total. The van der Waals surface area contributed by atoms with Crippen molar-refractivity contribution >= 4 is 6.09 Å². The van der Waals surface area contributed by atoms with Crippen molar-refractivity contribution in [1.29, 1.82) is 0 Å². The lowest BCUT2D eigenvalue weighted by Gasteiger charge is -2.09. The zero-order valence-electron chi connectivity index (χ0n) is 9.82. The molecule has 17 heavy (non-hydrogen) atoms. The normalized spacial score (nSPS) is 18.9. The van der Waals surface area contributed by atoms with Gasteiger partial charge in [0, 0.05) is 6.54 Å². The quantitative estimate of drug-likeness (QED) is 0.835. The minimum absolute atomic E-state index is 0.373. The van der Waals surface area contributed by atoms with E-state index in [0.717, 1.165) is 19.5 Å². The number of nitrogens with one attached hydrogen (secondary N) is 2. The first-order chi connectivity index (χ1) is 8.34. The highest BCUT2D eigenvalue weighted by atomic mass is 16.5. The Balaban J connectivity index is 1.64. The van der Waals surface area contributed by atoms with Crippen molar-refractivity contribution in [3.63, 3.8) is 0 Å². The zero-order chi connectivity index (χ0) is 11.9. The van der Waals surface area contributed by atoms with E-state index in [1.54, 1.807) is 12.1 Å². The highest BCUT2D eigenvalue weighted by Gasteiger charge is 2.14. The molecule has 1 aliphatic heterocycles. The van der Waals surface area contributed by atoms with Gasteiger partial charge in [-0.1, -0.05) is 18.2 Å². The minimum Gasteiger partial charge on any atom is -0.410 e. The van der Waals surface area contributed by atoms with E-state index in [2.05, 4.69) is 10.6 Å². The monoisotopic (exact) mass is 234 g/mol. The van der Waals surface area contributed by atoms with Crippen LogP contribution in [0.25, 0.3) is 0 Å². The highest BCUT2D eigenvalue weighted by Crippen LogP contribution is 2.11. The van der Waals surface area contributed by atoms with Crippen molar-refractivity contribution < 1.29 is 9.53 Å². The molecule has 2 N–H and O–H groups in total. The molecule has 0 aliphatic carbocycles. The summed E-state index contributed by atoms with van der Waals surface area (Å²) in [5.74, 6) is 1.26. The number of rotatable bonds is 4. The molecule has 1 heterocycles. The lowest BCUT2D eigenvalue weighted by Crippen LogP contribution is -2.29. The van der Waals surface area contributed by atoms with Crippen LogP contribution in [0, 0.1) is 5.92 Å². The van der Waals surface area contributed by atoms with Crippen LogP contribution in [0.15, 0.2) is 30.3 Å². The number of amides is 1. The standard InChI is InChI=1S/C13H18N2O2/c16-13(17-12-4-2-1-3-5-12)15-9-7-11-6-8-14-10-11/h1-5,11,14H,6-10H2,(H,15,16). The molecule has 0 aromatic heterocycles. The molecule has 1 saturated heterocycles. The van der Waals surface area contributed by atoms with Gasteiger partial charge in [0.15, 0.2) is 0 Å². The van der Waals surface area contributed by atoms with Gasteiger partial charge in [0.1, 0.15) is 5.75 Å². The van der Waals surface area contributed by atoms with E-state index in [4.69, 9.17) is 4.74 Å². The summed E-state index contributed by atoms with van der Waals surface area (Å²) in [7, 11) is 0. The van der Waals surface area contributed by atoms with Gasteiger partial charge in [0.2, 0.25) is 0 Å². The SMILES string of the molecule is O=C(NCCC1CCNC1)Oc1ccccc1. The Bertz CT molecular complexity index is 348. The Morgan fingerprint density at radius 1 is 1.41 bits per heavy atom. The average molecular weight is 234 g/mol. The topological polar surface area (TPSA) is 50.4 Å². The van der Waals surface area contributed by atoms with Crippen LogP contribution < -0.4 is 15.4 Å². The lowest BCUT2D eigenvalue weighted by molar-refractivity contribution is 0.200. The minimum atomic E-state index is -0.373. The number of hydrogen-bond donors (Lipinski definition) is 2. The molecule has 92 valence electrons. The fourth-order valence-electron chi connectivity index (χ4n) is 1.97. The van der Waals surface area contributed by atoms with Crippen LogP contribution in [-0.4, -0.2) is 25.7 Å². The van der Waals surface area contributed by atoms with E-state index in [9.17, 15) is 4.79 Å². The average Bonchev–Trinajstić information content (AvgIpc) is 2.83. The first-order valence-electron chi connectivity index (χ1n) is 6.06. The van der Waals surface area contributed by atoms with Crippen molar-refractivity contribution in [2.45, 2.75) is 12.8 Å². The molecule has 1 aliphatic rings. The number of ether oxygens (including phenoxy) is 1. The Morgan fingerprint density at radius 3 is 2.94 bits per heavy atom. The molecule has 0 saturated carbocycles. The summed E-state index contributed by atoms with van der Waals surface area (Å²) in [6, 6.07) is 9.10. The van der Waals surface area contributed by atoms with E-state index >= 15 is 0 Å². The van der Waals surface area contributed by atoms with Crippen molar-refractivity contribution in [1.82, 2.24) is 10.6 Å². The number of hydrogen-bond acceptors (Lipinski definition) is 3. The van der Waals surface area contributed by atoms with Gasteiger partial charge >= 0.3 is 6.09 Å². The Labute approximate surface area is 101 Å². The molecule has 1 unspecified atom stereocenters. The van der Waals surface area contributed by atoms with Gasteiger partial charge in [0.05, 0.1) is 0 Å². The molecule has 0 radical (unpaired) electrons. The van der Waals surface area contributed by atoms with Gasteiger partial charge in [-0.2, -0.15) is 0 Å². The molecular formula is C13H18N2O2. The molecular weight excluding hydrogens is 216 g/mol. The third kappa shape index (κ3) is 4.07. The number of carbonyl (C=O) groups excluding carboxylic acids is 1. The number of para-hydroxylation sites is 1. The summed E-state index contributed by atoms with van der Waals surface area (Å²) in [5, 5.41) is 6.08. The number of carbonyl (C=O) groups is 1. The predicted octanol–water partition coefficient (Wildman–Crippen LogP) is 1.77. The Hall–Kier alpha value is -1.55. The molecule has 0 bridgehead atoms. The summed E-state index contributed by atoms with van der Waals surface area (Å²) >= 11 is 0. The summed E-state index contributed by atoms with van der Waals surface area (Å²) in [6.45, 7) is 2.84. The van der Waals surface area contributed by atoms with Gasteiger partial charge in [0.25, 0.3) is 0 Å². The van der Waals surface area contributed by atoms with Crippen molar-refractivity contribution in [2.24, 2.45) is 5.92 Å². The molecule has 1 atom stereocenters. The zero-order valence-corrected chi connectivity index (χ0v) is 9.82. The van der Waals surface area contributed by atoms with Crippen molar-refractivity contribution in [2.75, 3.05) is 19.6 Å². The number of benzene rings is 1. The molecule has 1 fully saturated rings. The largest absolute Gasteiger partial charge is 0.412 e. The summed E-state index contributed by atoms with van der Waals surface area (Å²) < 4.78 is 5.11. The van der Waals surface area contributed by atoms with Gasteiger partial charge in [-0.3, -0.25) is 0 Å². The third-order valence-electron chi connectivity index (χ3n) is 2.94. The molecule has 0 spiro atoms. The fraction of sp³-hybridized carbons (Fsp3) is 0.462. The predicted molar refractivity (Wildman–Crippen MR) is 66.1 cm³/mol. The summed E-state index contributed by atoms with van der Waals surface area (Å²) in [4.78, 5) is 11.4. The smallest absolute Gasteiger partial charge is 0.410 e. The lowest BCUT2D eigenvalue weighted by atomic mass is 10.1. The van der Waals surface area contributed by atoms with Crippen LogP contribution in [0.2, 0.25) is 0 Å². The summed E-state index contributed by atoms with van der Waals surface area (Å²) in [6.07, 6.45) is 1.84. The van der Waals surface area contributed by atoms with Crippen LogP contribution in [-0.2, 0) is 0 Å². The fourth-order valence-corrected chi connectivity index (χ4v) is 1.97. The van der Waals surface area contributed by atoms with Gasteiger partial charge in [-0.05, 0) is 44.0 Å². The molecule has 4 heteroatoms. The molecule has 1 aromatic carbocycles. The van der Waals surface area contributed by atoms with Crippen LogP contribution in [0.3, 0.4) is 0 Å². The first kappa shape index (κ1) is 11.9. The van der Waals surface area contributed by atoms with Crippen LogP contribution in [0.4, 0.5) is 4.79 Å². The van der Waals surface area contributed by atoms with Crippen molar-refractivity contribution in [3.05, 3.63) is 30.3 Å². The third-order valence-corrected chi connectivity index (χ3v) is 2.94. The molecule has 1 aromatic rings. The Kier molecular flexibility index (Phi) is 4.38.